The smallest absolute Gasteiger partial charge is 0.116 e. The van der Waals surface area contributed by atoms with Gasteiger partial charge in [-0.15, -0.1) is 0 Å². The Kier molecular flexibility index (Phi) is 9.31. The van der Waals surface area contributed by atoms with Crippen molar-refractivity contribution in [2.45, 2.75) is 6.16 Å². The van der Waals surface area contributed by atoms with Crippen molar-refractivity contribution in [2.24, 2.45) is 0 Å². The van der Waals surface area contributed by atoms with E-state index in [1.807, 2.05) is 0 Å². The average Bonchev–Trinajstić information content (AvgIpc) is 3.23. The lowest BCUT2D eigenvalue weighted by atomic mass is 9.13. The third-order valence-corrected chi connectivity index (χ3v) is 15.0. The third kappa shape index (κ3) is 6.16. The average molecular weight is 671 g/mol. The molecule has 0 aromatic heterocycles. The van der Waals surface area contributed by atoms with E-state index in [-0.39, 0.29) is 0 Å². The molecule has 0 atom stereocenters. The fraction of sp³-hybridized carbons (Fsp3) is 0.0204. The van der Waals surface area contributed by atoms with E-state index in [4.69, 9.17) is 0 Å². The van der Waals surface area contributed by atoms with Crippen molar-refractivity contribution in [1.82, 2.24) is 0 Å². The van der Waals surface area contributed by atoms with E-state index < -0.39 is 13.4 Å². The molecular formula is C49H40BP. The number of benzene rings is 8. The van der Waals surface area contributed by atoms with Gasteiger partial charge in [0, 0.05) is 0 Å². The maximum atomic E-state index is 2.35. The van der Waals surface area contributed by atoms with Crippen LogP contribution in [0.25, 0.3) is 11.1 Å². The monoisotopic (exact) mass is 670 g/mol. The molecule has 0 N–H and O–H groups in total. The van der Waals surface area contributed by atoms with Crippen LogP contribution in [0, 0.1) is 0 Å². The molecule has 0 aliphatic heterocycles. The van der Waals surface area contributed by atoms with Gasteiger partial charge in [0.1, 0.15) is 29.3 Å². The Morgan fingerprint density at radius 2 is 0.549 bits per heavy atom. The van der Waals surface area contributed by atoms with Gasteiger partial charge < -0.3 is 0 Å². The number of hydrogen-bond donors (Lipinski definition) is 0. The first-order valence-electron chi connectivity index (χ1n) is 17.9. The van der Waals surface area contributed by atoms with E-state index in [0.717, 1.165) is 6.16 Å². The van der Waals surface area contributed by atoms with Gasteiger partial charge in [0.05, 0.1) is 6.16 Å². The Balaban J connectivity index is 1.19. The molecule has 0 unspecified atom stereocenters. The molecule has 2 heteroatoms. The second-order valence-corrected chi connectivity index (χ2v) is 16.9. The summed E-state index contributed by atoms with van der Waals surface area (Å²) in [6.07, 6.45) is -0.439. The van der Waals surface area contributed by atoms with Crippen LogP contribution in [-0.2, 0) is 6.16 Å². The zero-order valence-corrected chi connectivity index (χ0v) is 29.6. The molecule has 0 heterocycles. The summed E-state index contributed by atoms with van der Waals surface area (Å²) in [6.45, 7) is 0. The standard InChI is InChI=1S/C49H40BP/c1-7-19-43(20-8-1)50(44-21-9-2-10-22-44,45-23-11-3-12-24-45)46-37-35-42(36-38-46)41-33-31-40(32-34-41)39-51(47-25-13-4-14-26-47,48-27-15-5-16-28-48)49-29-17-6-18-30-49/h1-38H,39H2. The lowest BCUT2D eigenvalue weighted by molar-refractivity contribution is 1.39. The van der Waals surface area contributed by atoms with Gasteiger partial charge >= 0.3 is 0 Å². The predicted octanol–water partition coefficient (Wildman–Crippen LogP) is 8.23. The molecule has 0 radical (unpaired) electrons. The largest absolute Gasteiger partial charge is 0.195 e. The molecule has 0 aliphatic carbocycles. The quantitative estimate of drug-likeness (QED) is 0.102. The Morgan fingerprint density at radius 1 is 0.275 bits per heavy atom. The lowest BCUT2D eigenvalue weighted by Gasteiger charge is -2.44. The first-order valence-corrected chi connectivity index (χ1v) is 19.8. The zero-order chi connectivity index (χ0) is 34.4. The van der Waals surface area contributed by atoms with E-state index in [1.54, 1.807) is 0 Å². The second-order valence-electron chi connectivity index (χ2n) is 13.4. The topological polar surface area (TPSA) is 0 Å². The minimum atomic E-state index is -1.97. The van der Waals surface area contributed by atoms with Crippen LogP contribution >= 0.6 is 7.26 Å². The second kappa shape index (κ2) is 14.6. The predicted molar refractivity (Wildman–Crippen MR) is 224 cm³/mol. The highest BCUT2D eigenvalue weighted by Crippen LogP contribution is 2.58. The van der Waals surface area contributed by atoms with Crippen molar-refractivity contribution >= 4 is 51.2 Å². The molecule has 0 nitrogen and oxygen atoms in total. The molecule has 0 fully saturated rings. The molecule has 51 heavy (non-hydrogen) atoms. The third-order valence-electron chi connectivity index (χ3n) is 10.6. The molecular weight excluding hydrogens is 630 g/mol. The summed E-state index contributed by atoms with van der Waals surface area (Å²) in [5.74, 6) is 0. The van der Waals surface area contributed by atoms with Crippen LogP contribution in [0.4, 0.5) is 0 Å². The van der Waals surface area contributed by atoms with Crippen LogP contribution in [0.2, 0.25) is 0 Å². The fourth-order valence-corrected chi connectivity index (χ4v) is 12.4. The summed E-state index contributed by atoms with van der Waals surface area (Å²) in [6, 6.07) is 85.1. The van der Waals surface area contributed by atoms with E-state index in [0.29, 0.717) is 0 Å². The summed E-state index contributed by atoms with van der Waals surface area (Å²) in [7, 11) is -1.97. The maximum Gasteiger partial charge on any atom is 0.116 e. The Hall–Kier alpha value is -5.75. The Morgan fingerprint density at radius 3 is 0.882 bits per heavy atom. The summed E-state index contributed by atoms with van der Waals surface area (Å²) < 4.78 is 0. The Labute approximate surface area is 303 Å². The summed E-state index contributed by atoms with van der Waals surface area (Å²) in [5.41, 5.74) is 9.05. The summed E-state index contributed by atoms with van der Waals surface area (Å²) in [5, 5.41) is 4.22. The van der Waals surface area contributed by atoms with E-state index in [2.05, 4.69) is 231 Å². The lowest BCUT2D eigenvalue weighted by Crippen LogP contribution is -2.74. The highest BCUT2D eigenvalue weighted by atomic mass is 31.2. The SMILES string of the molecule is c1ccc([B-](c2ccccc2)(c2ccccc2)c2ccc(-c3ccc(C[P+](c4ccccc4)(c4ccccc4)c4ccccc4)cc3)cc2)cc1. The van der Waals surface area contributed by atoms with Gasteiger partial charge in [-0.2, -0.15) is 21.9 Å². The van der Waals surface area contributed by atoms with Gasteiger partial charge in [-0.05, 0) is 53.1 Å². The van der Waals surface area contributed by atoms with E-state index in [1.165, 1.54) is 54.5 Å². The molecule has 0 bridgehead atoms. The number of hydrogen-bond acceptors (Lipinski definition) is 0. The summed E-state index contributed by atoms with van der Waals surface area (Å²) in [4.78, 5) is 0. The van der Waals surface area contributed by atoms with E-state index in [9.17, 15) is 0 Å². The number of rotatable bonds is 10. The van der Waals surface area contributed by atoms with Crippen molar-refractivity contribution in [2.75, 3.05) is 0 Å². The molecule has 8 aromatic carbocycles. The maximum absolute atomic E-state index is 2.35. The first-order chi connectivity index (χ1) is 25.3. The molecule has 244 valence electrons. The van der Waals surface area contributed by atoms with Crippen molar-refractivity contribution in [1.29, 1.82) is 0 Å². The molecule has 0 spiro atoms. The molecule has 0 saturated carbocycles. The minimum Gasteiger partial charge on any atom is -0.195 e. The van der Waals surface area contributed by atoms with Gasteiger partial charge in [0.2, 0.25) is 0 Å². The Bertz CT molecular complexity index is 2080. The van der Waals surface area contributed by atoms with Crippen LogP contribution in [0.1, 0.15) is 5.56 Å². The first kappa shape index (κ1) is 32.5. The van der Waals surface area contributed by atoms with Gasteiger partial charge in [0.25, 0.3) is 0 Å². The molecule has 0 saturated heterocycles. The van der Waals surface area contributed by atoms with Crippen LogP contribution in [0.15, 0.2) is 231 Å². The minimum absolute atomic E-state index is 0.959. The van der Waals surface area contributed by atoms with Gasteiger partial charge in [-0.3, -0.25) is 0 Å². The molecule has 8 aromatic rings. The van der Waals surface area contributed by atoms with E-state index >= 15 is 0 Å². The van der Waals surface area contributed by atoms with Crippen molar-refractivity contribution in [3.05, 3.63) is 236 Å². The van der Waals surface area contributed by atoms with Crippen molar-refractivity contribution in [3.63, 3.8) is 0 Å². The highest BCUT2D eigenvalue weighted by molar-refractivity contribution is 7.95. The van der Waals surface area contributed by atoms with Crippen LogP contribution in [0.3, 0.4) is 0 Å². The summed E-state index contributed by atoms with van der Waals surface area (Å²) >= 11 is 0. The van der Waals surface area contributed by atoms with Crippen molar-refractivity contribution in [3.8, 4) is 11.1 Å². The van der Waals surface area contributed by atoms with Crippen LogP contribution in [-0.4, -0.2) is 6.15 Å². The molecule has 0 aliphatic rings. The van der Waals surface area contributed by atoms with Gasteiger partial charge in [0.15, 0.2) is 0 Å². The normalized spacial score (nSPS) is 11.6. The van der Waals surface area contributed by atoms with Gasteiger partial charge in [-0.1, -0.05) is 194 Å². The van der Waals surface area contributed by atoms with Crippen molar-refractivity contribution < 1.29 is 0 Å². The van der Waals surface area contributed by atoms with Crippen LogP contribution < -0.4 is 37.8 Å². The van der Waals surface area contributed by atoms with Crippen LogP contribution in [0.5, 0.6) is 0 Å². The van der Waals surface area contributed by atoms with Gasteiger partial charge in [-0.25, -0.2) is 0 Å². The molecule has 0 amide bonds. The molecule has 8 rings (SSSR count). The highest BCUT2D eigenvalue weighted by Gasteiger charge is 2.45. The zero-order valence-electron chi connectivity index (χ0n) is 28.7. The fourth-order valence-electron chi connectivity index (χ4n) is 8.19.